The number of carbonyl (C=O) groups is 4. The second-order valence-corrected chi connectivity index (χ2v) is 16.1. The van der Waals surface area contributed by atoms with E-state index in [4.69, 9.17) is 24.7 Å². The quantitative estimate of drug-likeness (QED) is 0.0593. The number of hydrogen-bond donors (Lipinski definition) is 2. The number of morpholine rings is 1. The summed E-state index contributed by atoms with van der Waals surface area (Å²) in [5, 5.41) is 21.1. The third-order valence-electron chi connectivity index (χ3n) is 12.4. The number of ether oxygens (including phenoxy) is 4. The summed E-state index contributed by atoms with van der Waals surface area (Å²) in [5.74, 6) is 2.86. The number of cyclic esters (lactones) is 1. The molecule has 15 nitrogen and oxygen atoms in total. The van der Waals surface area contributed by atoms with Crippen molar-refractivity contribution < 1.29 is 48.2 Å². The molecular formula is C52H42N4O11. The molecule has 9 rings (SSSR count). The number of imide groups is 1. The first-order valence-electron chi connectivity index (χ1n) is 21.3. The van der Waals surface area contributed by atoms with E-state index in [2.05, 4.69) is 11.8 Å². The largest absolute Gasteiger partial charge is 0.497 e. The zero-order chi connectivity index (χ0) is 46.8. The Hall–Kier alpha value is -8.32. The number of carbonyl (C=O) groups excluding carboxylic acids is 4. The minimum absolute atomic E-state index is 0.0571. The Balaban J connectivity index is 1.29. The van der Waals surface area contributed by atoms with Crippen LogP contribution in [0.4, 0.5) is 16.2 Å². The van der Waals surface area contributed by atoms with Gasteiger partial charge in [-0.2, -0.15) is 0 Å². The number of aliphatic hydroxyl groups excluding tert-OH is 1. The molecule has 1 spiro atoms. The van der Waals surface area contributed by atoms with Gasteiger partial charge in [-0.15, -0.1) is 0 Å². The Morgan fingerprint density at radius 3 is 2.10 bits per heavy atom. The van der Waals surface area contributed by atoms with Crippen LogP contribution in [0, 0.1) is 27.9 Å². The first-order valence-corrected chi connectivity index (χ1v) is 21.3. The van der Waals surface area contributed by atoms with Crippen molar-refractivity contribution in [2.75, 3.05) is 25.2 Å². The van der Waals surface area contributed by atoms with E-state index in [0.29, 0.717) is 44.9 Å². The molecule has 0 radical (unpaired) electrons. The van der Waals surface area contributed by atoms with Crippen molar-refractivity contribution in [2.24, 2.45) is 11.7 Å². The topological polar surface area (TPSA) is 201 Å². The van der Waals surface area contributed by atoms with Gasteiger partial charge in [0.05, 0.1) is 42.3 Å². The monoisotopic (exact) mass is 898 g/mol. The van der Waals surface area contributed by atoms with Crippen molar-refractivity contribution in [3.63, 3.8) is 0 Å². The number of nitrogens with zero attached hydrogens (tertiary/aromatic N) is 3. The van der Waals surface area contributed by atoms with E-state index < -0.39 is 64.4 Å². The summed E-state index contributed by atoms with van der Waals surface area (Å²) >= 11 is 0. The minimum Gasteiger partial charge on any atom is -0.497 e. The summed E-state index contributed by atoms with van der Waals surface area (Å²) < 4.78 is 23.4. The maximum atomic E-state index is 16.2. The number of nitro benzene ring substituents is 1. The molecule has 6 aromatic carbocycles. The lowest BCUT2D eigenvalue weighted by molar-refractivity contribution is -0.384. The molecule has 0 aliphatic carbocycles. The Labute approximate surface area is 384 Å². The van der Waals surface area contributed by atoms with Crippen LogP contribution in [0.1, 0.15) is 57.1 Å². The minimum atomic E-state index is -2.15. The number of esters is 1. The Morgan fingerprint density at radius 2 is 1.45 bits per heavy atom. The van der Waals surface area contributed by atoms with Crippen molar-refractivity contribution in [1.29, 1.82) is 0 Å². The van der Waals surface area contributed by atoms with Crippen LogP contribution in [0.3, 0.4) is 0 Å². The van der Waals surface area contributed by atoms with Gasteiger partial charge < -0.3 is 29.8 Å². The van der Waals surface area contributed by atoms with Gasteiger partial charge in [-0.25, -0.2) is 9.69 Å². The number of benzene rings is 6. The molecular weight excluding hydrogens is 857 g/mol. The molecule has 2 fully saturated rings. The number of non-ortho nitro benzene ring substituents is 1. The number of anilines is 1. The fourth-order valence-corrected chi connectivity index (χ4v) is 9.68. The maximum Gasteiger partial charge on any atom is 0.421 e. The molecule has 0 bridgehead atoms. The highest BCUT2D eigenvalue weighted by atomic mass is 16.6. The van der Waals surface area contributed by atoms with Crippen molar-refractivity contribution >= 4 is 35.3 Å². The number of amides is 3. The first kappa shape index (κ1) is 43.9. The van der Waals surface area contributed by atoms with Crippen molar-refractivity contribution in [2.45, 2.75) is 36.3 Å². The zero-order valence-corrected chi connectivity index (χ0v) is 35.9. The van der Waals surface area contributed by atoms with Crippen molar-refractivity contribution in [1.82, 2.24) is 4.90 Å². The average Bonchev–Trinajstić information content (AvgIpc) is 3.81. The highest BCUT2D eigenvalue weighted by molar-refractivity contribution is 6.23. The number of fused-ring (bicyclic) bond motifs is 3. The fraction of sp³-hybridized carbons (Fsp3) is 0.192. The number of nitrogens with two attached hydrogens (primary N) is 1. The van der Waals surface area contributed by atoms with E-state index in [0.717, 1.165) is 4.90 Å². The van der Waals surface area contributed by atoms with Crippen LogP contribution in [0.5, 0.6) is 11.5 Å². The molecule has 3 heterocycles. The van der Waals surface area contributed by atoms with Crippen LogP contribution < -0.4 is 20.1 Å². The summed E-state index contributed by atoms with van der Waals surface area (Å²) in [5.41, 5.74) is 7.61. The molecule has 6 aromatic rings. The maximum absolute atomic E-state index is 16.2. The summed E-state index contributed by atoms with van der Waals surface area (Å²) in [7, 11) is 1.56. The molecule has 3 N–H and O–H groups in total. The van der Waals surface area contributed by atoms with Gasteiger partial charge in [0.1, 0.15) is 42.3 Å². The Bertz CT molecular complexity index is 2940. The van der Waals surface area contributed by atoms with E-state index in [1.807, 2.05) is 65.6 Å². The summed E-state index contributed by atoms with van der Waals surface area (Å²) in [6.45, 7) is -0.729. The lowest BCUT2D eigenvalue weighted by atomic mass is 9.65. The summed E-state index contributed by atoms with van der Waals surface area (Å²) in [6.07, 6.45) is -2.08. The van der Waals surface area contributed by atoms with Crippen LogP contribution in [0.25, 0.3) is 0 Å². The molecule has 3 aliphatic heterocycles. The van der Waals surface area contributed by atoms with Gasteiger partial charge in [0.25, 0.3) is 5.69 Å². The predicted octanol–water partition coefficient (Wildman–Crippen LogP) is 6.86. The van der Waals surface area contributed by atoms with Gasteiger partial charge in [-0.1, -0.05) is 84.6 Å². The van der Waals surface area contributed by atoms with Crippen molar-refractivity contribution in [3.05, 3.63) is 201 Å². The predicted molar refractivity (Wildman–Crippen MR) is 242 cm³/mol. The third kappa shape index (κ3) is 7.88. The second-order valence-electron chi connectivity index (χ2n) is 16.1. The van der Waals surface area contributed by atoms with Crippen LogP contribution in [-0.2, 0) is 35.9 Å². The van der Waals surface area contributed by atoms with Gasteiger partial charge >= 0.3 is 12.1 Å². The summed E-state index contributed by atoms with van der Waals surface area (Å²) in [6, 6.07) is 38.9. The first-order chi connectivity index (χ1) is 32.5. The van der Waals surface area contributed by atoms with E-state index in [1.165, 1.54) is 24.3 Å². The molecule has 0 aromatic heterocycles. The highest BCUT2D eigenvalue weighted by Crippen LogP contribution is 2.66. The van der Waals surface area contributed by atoms with E-state index in [-0.39, 0.29) is 36.8 Å². The van der Waals surface area contributed by atoms with Gasteiger partial charge in [0, 0.05) is 23.3 Å². The summed E-state index contributed by atoms with van der Waals surface area (Å²) in [4.78, 5) is 73.8. The zero-order valence-electron chi connectivity index (χ0n) is 35.9. The normalized spacial score (nSPS) is 21.6. The molecule has 2 saturated heterocycles. The lowest BCUT2D eigenvalue weighted by Gasteiger charge is -2.46. The number of nitro groups is 1. The van der Waals surface area contributed by atoms with Gasteiger partial charge in [-0.05, 0) is 94.5 Å². The number of primary amides is 1. The van der Waals surface area contributed by atoms with Crippen LogP contribution in [0.2, 0.25) is 0 Å². The Morgan fingerprint density at radius 1 is 0.791 bits per heavy atom. The highest BCUT2D eigenvalue weighted by Gasteiger charge is 2.75. The molecule has 0 unspecified atom stereocenters. The Kier molecular flexibility index (Phi) is 12.0. The second kappa shape index (κ2) is 18.3. The lowest BCUT2D eigenvalue weighted by Crippen LogP contribution is -2.55. The molecule has 3 amide bonds. The van der Waals surface area contributed by atoms with Crippen LogP contribution in [0.15, 0.2) is 152 Å². The van der Waals surface area contributed by atoms with Crippen molar-refractivity contribution in [3.8, 4) is 23.3 Å². The van der Waals surface area contributed by atoms with Crippen LogP contribution in [-0.4, -0.2) is 65.2 Å². The SMILES string of the molecule is COc1ccc(C#Cc2ccc3c(c2)[C@]2(C(=O)N3C(=O)OCc3ccc([N+](=O)[O-])cc3)[C@H](c3cccc(OCCO)c3)N3[C@H](c4ccccc4)[C@H](c4ccccc4)OC(=O)[C@H]3[C@@H]2C(N)=O)cc1. The van der Waals surface area contributed by atoms with E-state index in [1.54, 1.807) is 73.8 Å². The van der Waals surface area contributed by atoms with Gasteiger partial charge in [-0.3, -0.25) is 29.4 Å². The fourth-order valence-electron chi connectivity index (χ4n) is 9.68. The van der Waals surface area contributed by atoms with Gasteiger partial charge in [0.15, 0.2) is 0 Å². The number of aliphatic hydroxyl groups is 1. The van der Waals surface area contributed by atoms with Crippen LogP contribution >= 0.6 is 0 Å². The molecule has 6 atom stereocenters. The molecule has 67 heavy (non-hydrogen) atoms. The third-order valence-corrected chi connectivity index (χ3v) is 12.4. The molecule has 0 saturated carbocycles. The molecule has 336 valence electrons. The molecule has 3 aliphatic rings. The van der Waals surface area contributed by atoms with E-state index >= 15 is 4.79 Å². The number of hydrogen-bond acceptors (Lipinski definition) is 12. The average molecular weight is 899 g/mol. The van der Waals surface area contributed by atoms with Gasteiger partial charge in [0.2, 0.25) is 11.8 Å². The number of rotatable bonds is 11. The molecule has 15 heteroatoms. The smallest absolute Gasteiger partial charge is 0.421 e. The standard InChI is InChI=1S/C52H42N4O11/c1-64-39-24-19-32(20-25-39)15-16-33-21-26-42-41(29-33)52(50(60)54(42)51(61)66-31-34-17-22-38(23-18-34)56(62)63)43(48(53)58)45-49(59)67-46(36-11-6-3-7-12-36)44(35-9-4-2-5-10-35)55(45)47(52)37-13-8-14-40(30-37)65-28-27-57/h2-14,17-26,29-30,43-47,57H,27-28,31H2,1H3,(H2,53,58)/t43-,44-,45-,46+,47+,52-/m1/s1. The van der Waals surface area contributed by atoms with E-state index in [9.17, 15) is 29.6 Å². The number of methoxy groups -OCH3 is 1.